The van der Waals surface area contributed by atoms with E-state index in [0.29, 0.717) is 6.04 Å². The number of hydrogen-bond acceptors (Lipinski definition) is 3. The van der Waals surface area contributed by atoms with Crippen LogP contribution in [0.4, 0.5) is 10.6 Å². The van der Waals surface area contributed by atoms with Crippen molar-refractivity contribution in [1.29, 1.82) is 0 Å². The van der Waals surface area contributed by atoms with Crippen LogP contribution in [0.2, 0.25) is 0 Å². The lowest BCUT2D eigenvalue weighted by Crippen LogP contribution is -2.54. The molecule has 5 rings (SSSR count). The monoisotopic (exact) mass is 379 g/mol. The third kappa shape index (κ3) is 3.78. The van der Waals surface area contributed by atoms with E-state index < -0.39 is 0 Å². The third-order valence-electron chi connectivity index (χ3n) is 6.52. The molecule has 1 unspecified atom stereocenters. The largest absolute Gasteiger partial charge is 0.323 e. The molecule has 2 amide bonds. The van der Waals surface area contributed by atoms with Crippen molar-refractivity contribution < 1.29 is 4.79 Å². The number of rotatable bonds is 4. The zero-order chi connectivity index (χ0) is 18.9. The lowest BCUT2D eigenvalue weighted by molar-refractivity contribution is 0.106. The van der Waals surface area contributed by atoms with Crippen LogP contribution in [-0.2, 0) is 19.4 Å². The Labute approximate surface area is 166 Å². The van der Waals surface area contributed by atoms with Crippen molar-refractivity contribution in [3.05, 3.63) is 47.7 Å². The highest BCUT2D eigenvalue weighted by molar-refractivity contribution is 5.88. The van der Waals surface area contributed by atoms with E-state index in [2.05, 4.69) is 39.6 Å². The quantitative estimate of drug-likeness (QED) is 0.889. The summed E-state index contributed by atoms with van der Waals surface area (Å²) in [6.45, 7) is 4.42. The summed E-state index contributed by atoms with van der Waals surface area (Å²) in [5, 5.41) is 7.43. The SMILES string of the molecule is O=C(Nc1ccnn1CC1CC1)N1CCN(C2CCc3ccccc3C2)CC1. The minimum Gasteiger partial charge on any atom is -0.322 e. The maximum Gasteiger partial charge on any atom is 0.323 e. The van der Waals surface area contributed by atoms with Gasteiger partial charge >= 0.3 is 6.03 Å². The molecule has 1 atom stereocenters. The van der Waals surface area contributed by atoms with Crippen LogP contribution in [0.3, 0.4) is 0 Å². The number of nitrogens with zero attached hydrogens (tertiary/aromatic N) is 4. The predicted molar refractivity (Wildman–Crippen MR) is 109 cm³/mol. The Hall–Kier alpha value is -2.34. The number of carbonyl (C=O) groups is 1. The van der Waals surface area contributed by atoms with E-state index in [1.165, 1.54) is 36.8 Å². The topological polar surface area (TPSA) is 53.4 Å². The summed E-state index contributed by atoms with van der Waals surface area (Å²) in [6, 6.07) is 11.4. The van der Waals surface area contributed by atoms with Gasteiger partial charge in [-0.1, -0.05) is 24.3 Å². The molecular weight excluding hydrogens is 350 g/mol. The second-order valence-electron chi connectivity index (χ2n) is 8.46. The normalized spacial score (nSPS) is 22.7. The minimum absolute atomic E-state index is 0.00573. The van der Waals surface area contributed by atoms with Gasteiger partial charge in [-0.2, -0.15) is 5.10 Å². The van der Waals surface area contributed by atoms with Crippen molar-refractivity contribution in [2.45, 2.75) is 44.7 Å². The molecule has 1 saturated heterocycles. The molecule has 1 aromatic carbocycles. The van der Waals surface area contributed by atoms with Crippen LogP contribution in [0, 0.1) is 5.92 Å². The van der Waals surface area contributed by atoms with Gasteiger partial charge in [0.05, 0.1) is 6.20 Å². The summed E-state index contributed by atoms with van der Waals surface area (Å²) in [6.07, 6.45) is 7.87. The molecule has 1 aromatic heterocycles. The van der Waals surface area contributed by atoms with E-state index in [9.17, 15) is 4.79 Å². The lowest BCUT2D eigenvalue weighted by Gasteiger charge is -2.41. The predicted octanol–water partition coefficient (Wildman–Crippen LogP) is 3.00. The molecule has 1 saturated carbocycles. The molecular formula is C22H29N5O. The summed E-state index contributed by atoms with van der Waals surface area (Å²) in [5.41, 5.74) is 3.02. The highest BCUT2D eigenvalue weighted by Gasteiger charge is 2.29. The van der Waals surface area contributed by atoms with Gasteiger partial charge < -0.3 is 4.90 Å². The molecule has 2 fully saturated rings. The van der Waals surface area contributed by atoms with Gasteiger partial charge in [0.15, 0.2) is 0 Å². The van der Waals surface area contributed by atoms with Crippen LogP contribution in [-0.4, -0.2) is 57.8 Å². The van der Waals surface area contributed by atoms with Crippen molar-refractivity contribution in [2.24, 2.45) is 5.92 Å². The van der Waals surface area contributed by atoms with Gasteiger partial charge in [0.1, 0.15) is 5.82 Å². The van der Waals surface area contributed by atoms with E-state index >= 15 is 0 Å². The zero-order valence-electron chi connectivity index (χ0n) is 16.4. The maximum absolute atomic E-state index is 12.7. The molecule has 1 aliphatic heterocycles. The van der Waals surface area contributed by atoms with Crippen molar-refractivity contribution in [3.8, 4) is 0 Å². The Bertz CT molecular complexity index is 835. The van der Waals surface area contributed by atoms with E-state index in [-0.39, 0.29) is 6.03 Å². The Morgan fingerprint density at radius 1 is 1.04 bits per heavy atom. The fourth-order valence-corrected chi connectivity index (χ4v) is 4.60. The smallest absolute Gasteiger partial charge is 0.322 e. The first-order chi connectivity index (χ1) is 13.8. The van der Waals surface area contributed by atoms with Gasteiger partial charge in [0, 0.05) is 44.8 Å². The molecule has 6 nitrogen and oxygen atoms in total. The Morgan fingerprint density at radius 2 is 1.82 bits per heavy atom. The van der Waals surface area contributed by atoms with E-state index in [4.69, 9.17) is 0 Å². The summed E-state index contributed by atoms with van der Waals surface area (Å²) in [5.74, 6) is 1.56. The van der Waals surface area contributed by atoms with E-state index in [1.807, 2.05) is 15.6 Å². The number of benzene rings is 1. The fourth-order valence-electron chi connectivity index (χ4n) is 4.60. The summed E-state index contributed by atoms with van der Waals surface area (Å²) in [7, 11) is 0. The molecule has 3 aliphatic rings. The number of carbonyl (C=O) groups excluding carboxylic acids is 1. The van der Waals surface area contributed by atoms with Gasteiger partial charge in [-0.25, -0.2) is 9.48 Å². The van der Waals surface area contributed by atoms with Crippen molar-refractivity contribution in [2.75, 3.05) is 31.5 Å². The molecule has 0 radical (unpaired) electrons. The van der Waals surface area contributed by atoms with Gasteiger partial charge in [-0.15, -0.1) is 0 Å². The third-order valence-corrected chi connectivity index (χ3v) is 6.52. The molecule has 148 valence electrons. The second-order valence-corrected chi connectivity index (χ2v) is 8.46. The number of aryl methyl sites for hydroxylation is 1. The van der Waals surface area contributed by atoms with Gasteiger partial charge in [-0.05, 0) is 49.1 Å². The first-order valence-corrected chi connectivity index (χ1v) is 10.6. The number of hydrogen-bond donors (Lipinski definition) is 1. The van der Waals surface area contributed by atoms with Crippen LogP contribution in [0.1, 0.15) is 30.4 Å². The van der Waals surface area contributed by atoms with Crippen molar-refractivity contribution >= 4 is 11.8 Å². The van der Waals surface area contributed by atoms with Crippen LogP contribution < -0.4 is 5.32 Å². The average molecular weight is 380 g/mol. The molecule has 0 bridgehead atoms. The van der Waals surface area contributed by atoms with Gasteiger partial charge in [0.2, 0.25) is 0 Å². The first-order valence-electron chi connectivity index (χ1n) is 10.6. The molecule has 28 heavy (non-hydrogen) atoms. The second kappa shape index (κ2) is 7.59. The lowest BCUT2D eigenvalue weighted by atomic mass is 9.87. The number of urea groups is 1. The molecule has 1 N–H and O–H groups in total. The number of aromatic nitrogens is 2. The van der Waals surface area contributed by atoms with Crippen LogP contribution in [0.25, 0.3) is 0 Å². The van der Waals surface area contributed by atoms with Crippen LogP contribution in [0.5, 0.6) is 0 Å². The molecule has 2 aliphatic carbocycles. The molecule has 2 aromatic rings. The van der Waals surface area contributed by atoms with E-state index in [1.54, 1.807) is 6.20 Å². The highest BCUT2D eigenvalue weighted by Crippen LogP contribution is 2.31. The average Bonchev–Trinajstić information content (AvgIpc) is 3.46. The summed E-state index contributed by atoms with van der Waals surface area (Å²) >= 11 is 0. The van der Waals surface area contributed by atoms with Crippen molar-refractivity contribution in [3.63, 3.8) is 0 Å². The van der Waals surface area contributed by atoms with Gasteiger partial charge in [-0.3, -0.25) is 10.2 Å². The fraction of sp³-hybridized carbons (Fsp3) is 0.545. The van der Waals surface area contributed by atoms with Crippen molar-refractivity contribution in [1.82, 2.24) is 19.6 Å². The number of anilines is 1. The Morgan fingerprint density at radius 3 is 2.61 bits per heavy atom. The standard InChI is InChI=1S/C22H29N5O/c28-22(24-21-9-10-23-27(21)16-17-5-6-17)26-13-11-25(12-14-26)20-8-7-18-3-1-2-4-19(18)15-20/h1-4,9-10,17,20H,5-8,11-16H2,(H,24,28). The Balaban J connectivity index is 1.14. The minimum atomic E-state index is 0.00573. The van der Waals surface area contributed by atoms with Gasteiger partial charge in [0.25, 0.3) is 0 Å². The Kier molecular flexibility index (Phi) is 4.81. The summed E-state index contributed by atoms with van der Waals surface area (Å²) < 4.78 is 1.94. The highest BCUT2D eigenvalue weighted by atomic mass is 16.2. The number of amides is 2. The molecule has 6 heteroatoms. The number of nitrogens with one attached hydrogen (secondary N) is 1. The summed E-state index contributed by atoms with van der Waals surface area (Å²) in [4.78, 5) is 17.2. The zero-order valence-corrected chi connectivity index (χ0v) is 16.4. The van der Waals surface area contributed by atoms with Crippen LogP contribution >= 0.6 is 0 Å². The molecule has 0 spiro atoms. The number of piperazine rings is 1. The number of fused-ring (bicyclic) bond motifs is 1. The first kappa shape index (κ1) is 17.7. The maximum atomic E-state index is 12.7. The van der Waals surface area contributed by atoms with Crippen LogP contribution in [0.15, 0.2) is 36.5 Å². The molecule has 2 heterocycles. The van der Waals surface area contributed by atoms with E-state index in [0.717, 1.165) is 50.9 Å².